The van der Waals surface area contributed by atoms with E-state index in [1.165, 1.54) is 0 Å². The van der Waals surface area contributed by atoms with E-state index in [0.29, 0.717) is 18.5 Å². The molecule has 1 saturated heterocycles. The number of nitrogens with zero attached hydrogens (tertiary/aromatic N) is 1. The van der Waals surface area contributed by atoms with Crippen molar-refractivity contribution in [3.8, 4) is 0 Å². The summed E-state index contributed by atoms with van der Waals surface area (Å²) in [7, 11) is 0. The molecule has 0 bridgehead atoms. The van der Waals surface area contributed by atoms with Gasteiger partial charge in [-0.15, -0.1) is 0 Å². The minimum Gasteiger partial charge on any atom is -0.468 e. The molecule has 22 heavy (non-hydrogen) atoms. The first-order valence-electron chi connectivity index (χ1n) is 8.09. The van der Waals surface area contributed by atoms with Crippen LogP contribution in [-0.2, 0) is 4.74 Å². The Balaban J connectivity index is 1.70. The van der Waals surface area contributed by atoms with Gasteiger partial charge in [0.2, 0.25) is 0 Å². The predicted molar refractivity (Wildman–Crippen MR) is 85.7 cm³/mol. The molecule has 1 unspecified atom stereocenters. The molecule has 1 aliphatic rings. The largest absolute Gasteiger partial charge is 0.468 e. The number of furan rings is 1. The molecular weight excluding hydrogens is 280 g/mol. The van der Waals surface area contributed by atoms with Gasteiger partial charge in [-0.3, -0.25) is 4.90 Å². The predicted octanol–water partition coefficient (Wildman–Crippen LogP) is 3.58. The molecule has 0 aromatic carbocycles. The van der Waals surface area contributed by atoms with Crippen molar-refractivity contribution in [2.75, 3.05) is 19.6 Å². The third-order valence-corrected chi connectivity index (χ3v) is 4.09. The van der Waals surface area contributed by atoms with Crippen LogP contribution in [0.4, 0.5) is 4.79 Å². The molecule has 1 aliphatic heterocycles. The number of piperidine rings is 1. The van der Waals surface area contributed by atoms with E-state index >= 15 is 0 Å². The van der Waals surface area contributed by atoms with Crippen LogP contribution in [0.1, 0.15) is 52.3 Å². The molecule has 1 N–H and O–H groups in total. The van der Waals surface area contributed by atoms with Crippen LogP contribution in [0.15, 0.2) is 22.8 Å². The fourth-order valence-corrected chi connectivity index (χ4v) is 2.80. The van der Waals surface area contributed by atoms with Gasteiger partial charge in [0.05, 0.1) is 12.3 Å². The number of amides is 1. The standard InChI is InChI=1S/C17H28N2O3/c1-13(15-6-5-11-21-15)19-9-7-14(8-10-19)12-18-16(20)22-17(2,3)4/h5-6,11,13-14H,7-10,12H2,1-4H3,(H,18,20). The molecule has 5 nitrogen and oxygen atoms in total. The Morgan fingerprint density at radius 1 is 1.45 bits per heavy atom. The summed E-state index contributed by atoms with van der Waals surface area (Å²) >= 11 is 0. The average molecular weight is 308 g/mol. The molecule has 0 spiro atoms. The lowest BCUT2D eigenvalue weighted by Gasteiger charge is -2.35. The number of hydrogen-bond donors (Lipinski definition) is 1. The number of ether oxygens (including phenoxy) is 1. The number of likely N-dealkylation sites (tertiary alicyclic amines) is 1. The second kappa shape index (κ2) is 7.18. The molecule has 1 amide bonds. The molecule has 0 radical (unpaired) electrons. The van der Waals surface area contributed by atoms with Gasteiger partial charge >= 0.3 is 6.09 Å². The molecule has 0 saturated carbocycles. The first kappa shape index (κ1) is 16.9. The van der Waals surface area contributed by atoms with E-state index in [0.717, 1.165) is 31.7 Å². The van der Waals surface area contributed by atoms with Crippen LogP contribution in [-0.4, -0.2) is 36.2 Å². The normalized spacial score (nSPS) is 18.9. The summed E-state index contributed by atoms with van der Waals surface area (Å²) in [4.78, 5) is 14.1. The molecule has 1 fully saturated rings. The highest BCUT2D eigenvalue weighted by atomic mass is 16.6. The van der Waals surface area contributed by atoms with Crippen LogP contribution in [0.3, 0.4) is 0 Å². The van der Waals surface area contributed by atoms with Crippen molar-refractivity contribution >= 4 is 6.09 Å². The molecule has 1 aromatic heterocycles. The Morgan fingerprint density at radius 2 is 2.14 bits per heavy atom. The fraction of sp³-hybridized carbons (Fsp3) is 0.706. The van der Waals surface area contributed by atoms with Crippen LogP contribution in [0.25, 0.3) is 0 Å². The van der Waals surface area contributed by atoms with Gasteiger partial charge in [0.1, 0.15) is 11.4 Å². The second-order valence-electron chi connectivity index (χ2n) is 7.05. The van der Waals surface area contributed by atoms with Crippen molar-refractivity contribution in [2.45, 2.75) is 52.2 Å². The van der Waals surface area contributed by atoms with Gasteiger partial charge in [-0.2, -0.15) is 0 Å². The van der Waals surface area contributed by atoms with Crippen molar-refractivity contribution in [3.63, 3.8) is 0 Å². The Bertz CT molecular complexity index is 457. The van der Waals surface area contributed by atoms with Crippen LogP contribution in [0, 0.1) is 5.92 Å². The number of alkyl carbamates (subject to hydrolysis) is 1. The third kappa shape index (κ3) is 5.05. The van der Waals surface area contributed by atoms with Gasteiger partial charge in [0, 0.05) is 6.54 Å². The van der Waals surface area contributed by atoms with Crippen molar-refractivity contribution in [1.82, 2.24) is 10.2 Å². The van der Waals surface area contributed by atoms with Gasteiger partial charge in [-0.25, -0.2) is 4.79 Å². The van der Waals surface area contributed by atoms with Crippen molar-refractivity contribution < 1.29 is 13.9 Å². The summed E-state index contributed by atoms with van der Waals surface area (Å²) in [5, 5.41) is 2.88. The van der Waals surface area contributed by atoms with Gasteiger partial charge in [-0.05, 0) is 71.7 Å². The smallest absolute Gasteiger partial charge is 0.407 e. The Hall–Kier alpha value is -1.49. The highest BCUT2D eigenvalue weighted by Gasteiger charge is 2.25. The van der Waals surface area contributed by atoms with E-state index < -0.39 is 5.60 Å². The van der Waals surface area contributed by atoms with E-state index in [4.69, 9.17) is 9.15 Å². The summed E-state index contributed by atoms with van der Waals surface area (Å²) in [6.07, 6.45) is 3.57. The number of nitrogens with one attached hydrogen (secondary N) is 1. The van der Waals surface area contributed by atoms with Crippen molar-refractivity contribution in [2.24, 2.45) is 5.92 Å². The van der Waals surface area contributed by atoms with E-state index in [9.17, 15) is 4.79 Å². The summed E-state index contributed by atoms with van der Waals surface area (Å²) in [6, 6.07) is 4.28. The molecular formula is C17H28N2O3. The van der Waals surface area contributed by atoms with Gasteiger partial charge in [0.15, 0.2) is 0 Å². The zero-order valence-corrected chi connectivity index (χ0v) is 14.1. The lowest BCUT2D eigenvalue weighted by Crippen LogP contribution is -2.40. The molecule has 1 atom stereocenters. The van der Waals surface area contributed by atoms with Crippen LogP contribution in [0.2, 0.25) is 0 Å². The topological polar surface area (TPSA) is 54.7 Å². The quantitative estimate of drug-likeness (QED) is 0.923. The number of hydrogen-bond acceptors (Lipinski definition) is 4. The fourth-order valence-electron chi connectivity index (χ4n) is 2.80. The first-order chi connectivity index (χ1) is 10.3. The summed E-state index contributed by atoms with van der Waals surface area (Å²) < 4.78 is 10.7. The van der Waals surface area contributed by atoms with Crippen molar-refractivity contribution in [3.05, 3.63) is 24.2 Å². The Morgan fingerprint density at radius 3 is 2.68 bits per heavy atom. The van der Waals surface area contributed by atoms with Crippen LogP contribution < -0.4 is 5.32 Å². The van der Waals surface area contributed by atoms with E-state index in [1.807, 2.05) is 32.9 Å². The monoisotopic (exact) mass is 308 g/mol. The number of carbonyl (C=O) groups excluding carboxylic acids is 1. The Labute approximate surface area is 133 Å². The average Bonchev–Trinajstić information content (AvgIpc) is 2.97. The first-order valence-corrected chi connectivity index (χ1v) is 8.09. The highest BCUT2D eigenvalue weighted by Crippen LogP contribution is 2.26. The maximum absolute atomic E-state index is 11.7. The number of rotatable bonds is 4. The van der Waals surface area contributed by atoms with E-state index in [2.05, 4.69) is 17.1 Å². The third-order valence-electron chi connectivity index (χ3n) is 4.09. The number of carbonyl (C=O) groups is 1. The minimum atomic E-state index is -0.439. The maximum atomic E-state index is 11.7. The van der Waals surface area contributed by atoms with E-state index in [1.54, 1.807) is 6.26 Å². The Kier molecular flexibility index (Phi) is 5.51. The molecule has 5 heteroatoms. The molecule has 2 heterocycles. The summed E-state index contributed by atoms with van der Waals surface area (Å²) in [6.45, 7) is 10.6. The van der Waals surface area contributed by atoms with Crippen LogP contribution >= 0.6 is 0 Å². The van der Waals surface area contributed by atoms with Gasteiger partial charge in [-0.1, -0.05) is 0 Å². The lowest BCUT2D eigenvalue weighted by molar-refractivity contribution is 0.0504. The summed E-state index contributed by atoms with van der Waals surface area (Å²) in [5.74, 6) is 1.54. The molecule has 0 aliphatic carbocycles. The zero-order valence-electron chi connectivity index (χ0n) is 14.1. The van der Waals surface area contributed by atoms with E-state index in [-0.39, 0.29) is 6.09 Å². The highest BCUT2D eigenvalue weighted by molar-refractivity contribution is 5.67. The maximum Gasteiger partial charge on any atom is 0.407 e. The molecule has 2 rings (SSSR count). The molecule has 1 aromatic rings. The summed E-state index contributed by atoms with van der Waals surface area (Å²) in [5.41, 5.74) is -0.439. The van der Waals surface area contributed by atoms with Gasteiger partial charge in [0.25, 0.3) is 0 Å². The zero-order chi connectivity index (χ0) is 16.2. The second-order valence-corrected chi connectivity index (χ2v) is 7.05. The van der Waals surface area contributed by atoms with Gasteiger partial charge < -0.3 is 14.5 Å². The van der Waals surface area contributed by atoms with Crippen molar-refractivity contribution in [1.29, 1.82) is 0 Å². The molecule has 124 valence electrons. The van der Waals surface area contributed by atoms with Crippen LogP contribution in [0.5, 0.6) is 0 Å². The minimum absolute atomic E-state index is 0.315. The SMILES string of the molecule is CC(c1ccco1)N1CCC(CNC(=O)OC(C)(C)C)CC1. The lowest BCUT2D eigenvalue weighted by atomic mass is 9.95.